The number of rotatable bonds is 7. The molecule has 1 aliphatic rings. The van der Waals surface area contributed by atoms with E-state index < -0.39 is 18.0 Å². The van der Waals surface area contributed by atoms with Gasteiger partial charge in [-0.25, -0.2) is 9.59 Å². The van der Waals surface area contributed by atoms with E-state index in [9.17, 15) is 19.2 Å². The van der Waals surface area contributed by atoms with Crippen molar-refractivity contribution in [3.8, 4) is 0 Å². The van der Waals surface area contributed by atoms with Crippen LogP contribution in [0.4, 0.5) is 15.3 Å². The van der Waals surface area contributed by atoms with Gasteiger partial charge in [-0.2, -0.15) is 0 Å². The van der Waals surface area contributed by atoms with E-state index >= 15 is 0 Å². The molecule has 0 aliphatic carbocycles. The predicted octanol–water partition coefficient (Wildman–Crippen LogP) is 2.38. The van der Waals surface area contributed by atoms with Gasteiger partial charge in [-0.1, -0.05) is 36.4 Å². The van der Waals surface area contributed by atoms with Crippen LogP contribution in [0.2, 0.25) is 0 Å². The Morgan fingerprint density at radius 1 is 0.909 bits per heavy atom. The van der Waals surface area contributed by atoms with E-state index in [1.807, 2.05) is 30.3 Å². The summed E-state index contributed by atoms with van der Waals surface area (Å²) in [5.41, 5.74) is 1.65. The number of anilines is 1. The first-order valence-electron chi connectivity index (χ1n) is 10.5. The predicted molar refractivity (Wildman–Crippen MR) is 120 cm³/mol. The second-order valence-electron chi connectivity index (χ2n) is 7.42. The van der Waals surface area contributed by atoms with Crippen LogP contribution in [0.3, 0.4) is 0 Å². The summed E-state index contributed by atoms with van der Waals surface area (Å²) in [5.74, 6) is -1.42. The molecule has 0 saturated carbocycles. The fraction of sp³-hybridized carbons (Fsp3) is 0.304. The van der Waals surface area contributed by atoms with Crippen molar-refractivity contribution in [3.05, 3.63) is 65.7 Å². The summed E-state index contributed by atoms with van der Waals surface area (Å²) >= 11 is 0. The molecule has 3 rings (SSSR count). The van der Waals surface area contributed by atoms with Crippen LogP contribution in [0.1, 0.15) is 22.3 Å². The number of hydrogen-bond donors (Lipinski definition) is 3. The summed E-state index contributed by atoms with van der Waals surface area (Å²) < 4.78 is 5.33. The molecule has 0 bridgehead atoms. The fourth-order valence-electron chi connectivity index (χ4n) is 3.23. The second kappa shape index (κ2) is 11.5. The molecule has 10 heteroatoms. The SMILES string of the molecule is O=C(O)CCNC(=O)c1cccc(NC(=O)N2CCN(C(=O)OCc3ccccc3)CC2)c1. The van der Waals surface area contributed by atoms with Gasteiger partial charge in [0.2, 0.25) is 0 Å². The molecule has 0 spiro atoms. The Bertz CT molecular complexity index is 989. The molecule has 2 aromatic rings. The van der Waals surface area contributed by atoms with Gasteiger partial charge < -0.3 is 30.3 Å². The lowest BCUT2D eigenvalue weighted by Crippen LogP contribution is -2.51. The summed E-state index contributed by atoms with van der Waals surface area (Å²) in [4.78, 5) is 50.7. The minimum Gasteiger partial charge on any atom is -0.481 e. The average Bonchev–Trinajstić information content (AvgIpc) is 2.83. The normalized spacial score (nSPS) is 13.2. The number of carbonyl (C=O) groups excluding carboxylic acids is 3. The maximum atomic E-state index is 12.6. The topological polar surface area (TPSA) is 128 Å². The number of urea groups is 1. The van der Waals surface area contributed by atoms with Gasteiger partial charge in [-0.15, -0.1) is 0 Å². The highest BCUT2D eigenvalue weighted by Crippen LogP contribution is 2.13. The maximum Gasteiger partial charge on any atom is 0.410 e. The standard InChI is InChI=1S/C23H26N4O6/c28-20(29)9-10-24-21(30)18-7-4-8-19(15-18)25-22(31)26-11-13-27(14-12-26)23(32)33-16-17-5-2-1-3-6-17/h1-8,15H,9-14,16H2,(H,24,30)(H,25,31)(H,28,29). The number of piperazine rings is 1. The first-order valence-corrected chi connectivity index (χ1v) is 10.5. The first kappa shape index (κ1) is 23.6. The van der Waals surface area contributed by atoms with Crippen LogP contribution in [0.5, 0.6) is 0 Å². The molecular weight excluding hydrogens is 428 g/mol. The number of hydrogen-bond acceptors (Lipinski definition) is 5. The quantitative estimate of drug-likeness (QED) is 0.589. The third kappa shape index (κ3) is 7.23. The van der Waals surface area contributed by atoms with Crippen LogP contribution >= 0.6 is 0 Å². The van der Waals surface area contributed by atoms with Crippen molar-refractivity contribution < 1.29 is 29.0 Å². The summed E-state index contributed by atoms with van der Waals surface area (Å²) in [6, 6.07) is 15.4. The van der Waals surface area contributed by atoms with Gasteiger partial charge in [0.05, 0.1) is 6.42 Å². The Labute approximate surface area is 191 Å². The number of nitrogens with zero attached hydrogens (tertiary/aromatic N) is 2. The number of carboxylic acids is 1. The number of carbonyl (C=O) groups is 4. The molecule has 1 fully saturated rings. The molecular formula is C23H26N4O6. The van der Waals surface area contributed by atoms with E-state index in [1.165, 1.54) is 6.07 Å². The molecule has 4 amide bonds. The summed E-state index contributed by atoms with van der Waals surface area (Å²) in [7, 11) is 0. The average molecular weight is 454 g/mol. The number of aliphatic carboxylic acids is 1. The highest BCUT2D eigenvalue weighted by molar-refractivity contribution is 5.97. The largest absolute Gasteiger partial charge is 0.481 e. The lowest BCUT2D eigenvalue weighted by atomic mass is 10.2. The zero-order valence-corrected chi connectivity index (χ0v) is 18.0. The summed E-state index contributed by atoms with van der Waals surface area (Å²) in [5, 5.41) is 13.9. The van der Waals surface area contributed by atoms with Crippen molar-refractivity contribution >= 4 is 29.7 Å². The molecule has 33 heavy (non-hydrogen) atoms. The third-order valence-corrected chi connectivity index (χ3v) is 5.03. The second-order valence-corrected chi connectivity index (χ2v) is 7.42. The van der Waals surface area contributed by atoms with E-state index in [1.54, 1.807) is 28.0 Å². The number of ether oxygens (including phenoxy) is 1. The maximum absolute atomic E-state index is 12.6. The van der Waals surface area contributed by atoms with E-state index in [-0.39, 0.29) is 25.6 Å². The van der Waals surface area contributed by atoms with Crippen molar-refractivity contribution in [1.82, 2.24) is 15.1 Å². The van der Waals surface area contributed by atoms with Gasteiger partial charge in [0.1, 0.15) is 6.61 Å². The third-order valence-electron chi connectivity index (χ3n) is 5.03. The van der Waals surface area contributed by atoms with Gasteiger partial charge in [0, 0.05) is 44.0 Å². The molecule has 2 aromatic carbocycles. The summed E-state index contributed by atoms with van der Waals surface area (Å²) in [6.45, 7) is 1.62. The van der Waals surface area contributed by atoms with E-state index in [0.29, 0.717) is 37.4 Å². The molecule has 0 atom stereocenters. The number of nitrogens with one attached hydrogen (secondary N) is 2. The van der Waals surface area contributed by atoms with Crippen LogP contribution < -0.4 is 10.6 Å². The molecule has 0 aromatic heterocycles. The van der Waals surface area contributed by atoms with E-state index in [4.69, 9.17) is 9.84 Å². The Hall–Kier alpha value is -4.08. The van der Waals surface area contributed by atoms with Crippen LogP contribution in [-0.4, -0.2) is 71.6 Å². The molecule has 1 aliphatic heterocycles. The molecule has 1 saturated heterocycles. The monoisotopic (exact) mass is 454 g/mol. The Morgan fingerprint density at radius 3 is 2.30 bits per heavy atom. The van der Waals surface area contributed by atoms with E-state index in [0.717, 1.165) is 5.56 Å². The van der Waals surface area contributed by atoms with Crippen molar-refractivity contribution in [2.45, 2.75) is 13.0 Å². The molecule has 0 unspecified atom stereocenters. The van der Waals surface area contributed by atoms with Crippen LogP contribution in [0.25, 0.3) is 0 Å². The molecule has 174 valence electrons. The van der Waals surface area contributed by atoms with Crippen LogP contribution in [-0.2, 0) is 16.1 Å². The van der Waals surface area contributed by atoms with Crippen LogP contribution in [0.15, 0.2) is 54.6 Å². The van der Waals surface area contributed by atoms with Crippen molar-refractivity contribution in [2.75, 3.05) is 38.0 Å². The molecule has 0 radical (unpaired) electrons. The fourth-order valence-corrected chi connectivity index (χ4v) is 3.23. The zero-order valence-electron chi connectivity index (χ0n) is 18.0. The lowest BCUT2D eigenvalue weighted by Gasteiger charge is -2.34. The zero-order chi connectivity index (χ0) is 23.6. The number of benzene rings is 2. The smallest absolute Gasteiger partial charge is 0.410 e. The highest BCUT2D eigenvalue weighted by atomic mass is 16.6. The van der Waals surface area contributed by atoms with Crippen molar-refractivity contribution in [3.63, 3.8) is 0 Å². The minimum absolute atomic E-state index is 0.0167. The molecule has 10 nitrogen and oxygen atoms in total. The van der Waals surface area contributed by atoms with Gasteiger partial charge in [0.25, 0.3) is 5.91 Å². The number of carboxylic acid groups (broad SMARTS) is 1. The summed E-state index contributed by atoms with van der Waals surface area (Å²) in [6.07, 6.45) is -0.589. The van der Waals surface area contributed by atoms with Gasteiger partial charge >= 0.3 is 18.1 Å². The Balaban J connectivity index is 1.44. The molecule has 3 N–H and O–H groups in total. The Morgan fingerprint density at radius 2 is 1.61 bits per heavy atom. The van der Waals surface area contributed by atoms with E-state index in [2.05, 4.69) is 10.6 Å². The molecule has 1 heterocycles. The minimum atomic E-state index is -0.999. The van der Waals surface area contributed by atoms with Crippen molar-refractivity contribution in [1.29, 1.82) is 0 Å². The highest BCUT2D eigenvalue weighted by Gasteiger charge is 2.25. The first-order chi connectivity index (χ1) is 15.9. The Kier molecular flexibility index (Phi) is 8.23. The number of amides is 4. The van der Waals surface area contributed by atoms with Gasteiger partial charge in [-0.05, 0) is 23.8 Å². The van der Waals surface area contributed by atoms with Gasteiger partial charge in [0.15, 0.2) is 0 Å². The lowest BCUT2D eigenvalue weighted by molar-refractivity contribution is -0.136. The van der Waals surface area contributed by atoms with Crippen molar-refractivity contribution in [2.24, 2.45) is 0 Å². The van der Waals surface area contributed by atoms with Gasteiger partial charge in [-0.3, -0.25) is 9.59 Å². The van der Waals surface area contributed by atoms with Crippen LogP contribution in [0, 0.1) is 0 Å².